The molecule has 3 rings (SSSR count). The highest BCUT2D eigenvalue weighted by Crippen LogP contribution is 2.20. The summed E-state index contributed by atoms with van der Waals surface area (Å²) in [5.74, 6) is -1.08. The minimum absolute atomic E-state index is 0.0162. The normalized spacial score (nSPS) is 20.9. The number of benzene rings is 1. The molecule has 1 aromatic heterocycles. The largest absolute Gasteiger partial charge is 0.481 e. The van der Waals surface area contributed by atoms with E-state index in [2.05, 4.69) is 15.6 Å². The number of allylic oxidation sites excluding steroid dienone is 1. The van der Waals surface area contributed by atoms with E-state index >= 15 is 0 Å². The predicted molar refractivity (Wildman–Crippen MR) is 81.5 cm³/mol. The van der Waals surface area contributed by atoms with Gasteiger partial charge < -0.3 is 10.4 Å². The van der Waals surface area contributed by atoms with E-state index in [1.807, 2.05) is 36.4 Å². The van der Waals surface area contributed by atoms with E-state index in [9.17, 15) is 9.90 Å². The number of carboxylic acid groups (broad SMARTS) is 1. The zero-order chi connectivity index (χ0) is 15.4. The second-order valence-electron chi connectivity index (χ2n) is 5.39. The lowest BCUT2D eigenvalue weighted by Gasteiger charge is -2.26. The number of hydrogen-bond acceptors (Lipinski definition) is 4. The van der Waals surface area contributed by atoms with Crippen molar-refractivity contribution in [2.45, 2.75) is 25.4 Å². The quantitative estimate of drug-likeness (QED) is 0.822. The smallest absolute Gasteiger partial charge is 0.308 e. The molecule has 0 aliphatic heterocycles. The summed E-state index contributed by atoms with van der Waals surface area (Å²) in [6.45, 7) is 0.653. The van der Waals surface area contributed by atoms with Crippen LogP contribution in [0.15, 0.2) is 48.8 Å². The van der Waals surface area contributed by atoms with Crippen LogP contribution in [0.1, 0.15) is 18.4 Å². The predicted octanol–water partition coefficient (Wildman–Crippen LogP) is 1.78. The van der Waals surface area contributed by atoms with Gasteiger partial charge in [0.1, 0.15) is 0 Å². The van der Waals surface area contributed by atoms with Gasteiger partial charge in [0.2, 0.25) is 0 Å². The maximum atomic E-state index is 11.3. The molecular formula is C16H18N4O2. The Balaban J connectivity index is 1.61. The summed E-state index contributed by atoms with van der Waals surface area (Å²) in [6, 6.07) is 7.96. The molecule has 0 amide bonds. The van der Waals surface area contributed by atoms with Crippen molar-refractivity contribution in [1.82, 2.24) is 20.3 Å². The lowest BCUT2D eigenvalue weighted by Crippen LogP contribution is -2.40. The van der Waals surface area contributed by atoms with Crippen molar-refractivity contribution in [2.24, 2.45) is 5.92 Å². The van der Waals surface area contributed by atoms with Crippen LogP contribution < -0.4 is 5.32 Å². The summed E-state index contributed by atoms with van der Waals surface area (Å²) in [4.78, 5) is 11.3. The molecule has 0 saturated heterocycles. The standard InChI is InChI=1S/C16H18N4O2/c21-16(22)14-3-1-2-4-15(14)17-11-12-5-7-13(8-6-12)20-10-9-18-19-20/h1-2,5-10,14-15,17H,3-4,11H2,(H,21,22)/t14-,15+/m1/s1. The van der Waals surface area contributed by atoms with Gasteiger partial charge in [0.05, 0.1) is 24.0 Å². The van der Waals surface area contributed by atoms with Crippen molar-refractivity contribution in [1.29, 1.82) is 0 Å². The van der Waals surface area contributed by atoms with Crippen molar-refractivity contribution >= 4 is 5.97 Å². The molecule has 0 spiro atoms. The molecule has 22 heavy (non-hydrogen) atoms. The van der Waals surface area contributed by atoms with Crippen LogP contribution in [0.3, 0.4) is 0 Å². The Labute approximate surface area is 128 Å². The van der Waals surface area contributed by atoms with Crippen molar-refractivity contribution in [2.75, 3.05) is 0 Å². The molecule has 1 aliphatic rings. The molecule has 6 nitrogen and oxygen atoms in total. The van der Waals surface area contributed by atoms with Crippen LogP contribution in [-0.4, -0.2) is 32.1 Å². The second-order valence-corrected chi connectivity index (χ2v) is 5.39. The van der Waals surface area contributed by atoms with E-state index in [1.54, 1.807) is 17.1 Å². The zero-order valence-corrected chi connectivity index (χ0v) is 12.1. The van der Waals surface area contributed by atoms with E-state index in [4.69, 9.17) is 0 Å². The number of carbonyl (C=O) groups is 1. The lowest BCUT2D eigenvalue weighted by atomic mass is 9.89. The number of nitrogens with one attached hydrogen (secondary N) is 1. The minimum atomic E-state index is -0.733. The van der Waals surface area contributed by atoms with Gasteiger partial charge in [0, 0.05) is 12.6 Å². The summed E-state index contributed by atoms with van der Waals surface area (Å²) in [6.07, 6.45) is 8.78. The van der Waals surface area contributed by atoms with Gasteiger partial charge in [-0.25, -0.2) is 4.68 Å². The Bertz CT molecular complexity index is 649. The average molecular weight is 298 g/mol. The summed E-state index contributed by atoms with van der Waals surface area (Å²) < 4.78 is 1.70. The van der Waals surface area contributed by atoms with Gasteiger partial charge >= 0.3 is 5.97 Å². The van der Waals surface area contributed by atoms with Gasteiger partial charge in [0.15, 0.2) is 0 Å². The van der Waals surface area contributed by atoms with Crippen LogP contribution in [0.2, 0.25) is 0 Å². The van der Waals surface area contributed by atoms with Crippen molar-refractivity contribution in [3.8, 4) is 5.69 Å². The Morgan fingerprint density at radius 3 is 2.73 bits per heavy atom. The average Bonchev–Trinajstić information content (AvgIpc) is 3.08. The molecule has 2 aromatic rings. The number of nitrogens with zero attached hydrogens (tertiary/aromatic N) is 3. The van der Waals surface area contributed by atoms with E-state index in [0.29, 0.717) is 13.0 Å². The fourth-order valence-electron chi connectivity index (χ4n) is 2.67. The van der Waals surface area contributed by atoms with E-state index < -0.39 is 5.97 Å². The molecule has 0 fully saturated rings. The third-order valence-corrected chi connectivity index (χ3v) is 3.94. The molecule has 1 heterocycles. The van der Waals surface area contributed by atoms with Crippen LogP contribution in [0.5, 0.6) is 0 Å². The van der Waals surface area contributed by atoms with Gasteiger partial charge in [-0.05, 0) is 30.5 Å². The molecule has 0 bridgehead atoms. The fraction of sp³-hybridized carbons (Fsp3) is 0.312. The highest BCUT2D eigenvalue weighted by Gasteiger charge is 2.27. The van der Waals surface area contributed by atoms with Crippen LogP contribution in [0.4, 0.5) is 0 Å². The van der Waals surface area contributed by atoms with E-state index in [0.717, 1.165) is 17.7 Å². The first-order valence-corrected chi connectivity index (χ1v) is 7.31. The molecule has 0 radical (unpaired) electrons. The Morgan fingerprint density at radius 1 is 1.27 bits per heavy atom. The first-order valence-electron chi connectivity index (χ1n) is 7.31. The molecule has 6 heteroatoms. The zero-order valence-electron chi connectivity index (χ0n) is 12.1. The maximum absolute atomic E-state index is 11.3. The number of carboxylic acids is 1. The molecule has 0 unspecified atom stereocenters. The highest BCUT2D eigenvalue weighted by molar-refractivity contribution is 5.71. The molecule has 0 saturated carbocycles. The van der Waals surface area contributed by atoms with Crippen LogP contribution >= 0.6 is 0 Å². The Morgan fingerprint density at radius 2 is 2.05 bits per heavy atom. The van der Waals surface area contributed by atoms with Crippen LogP contribution in [0.25, 0.3) is 5.69 Å². The topological polar surface area (TPSA) is 80.0 Å². The fourth-order valence-corrected chi connectivity index (χ4v) is 2.67. The van der Waals surface area contributed by atoms with Crippen molar-refractivity contribution in [3.63, 3.8) is 0 Å². The van der Waals surface area contributed by atoms with Gasteiger partial charge in [-0.2, -0.15) is 0 Å². The Kier molecular flexibility index (Phi) is 4.29. The number of aromatic nitrogens is 3. The van der Waals surface area contributed by atoms with Gasteiger partial charge in [0.25, 0.3) is 0 Å². The Hall–Kier alpha value is -2.47. The van der Waals surface area contributed by atoms with Gasteiger partial charge in [-0.3, -0.25) is 4.79 Å². The third kappa shape index (κ3) is 3.23. The monoisotopic (exact) mass is 298 g/mol. The lowest BCUT2D eigenvalue weighted by molar-refractivity contribution is -0.142. The SMILES string of the molecule is O=C(O)[C@@H]1CC=CC[C@@H]1NCc1ccc(-n2ccnn2)cc1. The summed E-state index contributed by atoms with van der Waals surface area (Å²) >= 11 is 0. The number of aliphatic carboxylic acids is 1. The summed E-state index contributed by atoms with van der Waals surface area (Å²) in [7, 11) is 0. The van der Waals surface area contributed by atoms with E-state index in [1.165, 1.54) is 0 Å². The molecule has 1 aromatic carbocycles. The first-order chi connectivity index (χ1) is 10.7. The molecule has 114 valence electrons. The highest BCUT2D eigenvalue weighted by atomic mass is 16.4. The van der Waals surface area contributed by atoms with Crippen LogP contribution in [-0.2, 0) is 11.3 Å². The van der Waals surface area contributed by atoms with Crippen molar-refractivity contribution in [3.05, 3.63) is 54.4 Å². The summed E-state index contributed by atoms with van der Waals surface area (Å²) in [5, 5.41) is 20.3. The maximum Gasteiger partial charge on any atom is 0.308 e. The third-order valence-electron chi connectivity index (χ3n) is 3.94. The molecular weight excluding hydrogens is 280 g/mol. The minimum Gasteiger partial charge on any atom is -0.481 e. The first kappa shape index (κ1) is 14.5. The number of rotatable bonds is 5. The second kappa shape index (κ2) is 6.53. The molecule has 2 N–H and O–H groups in total. The van der Waals surface area contributed by atoms with Gasteiger partial charge in [-0.1, -0.05) is 29.5 Å². The molecule has 2 atom stereocenters. The van der Waals surface area contributed by atoms with Crippen molar-refractivity contribution < 1.29 is 9.90 Å². The van der Waals surface area contributed by atoms with Crippen LogP contribution in [0, 0.1) is 5.92 Å². The molecule has 1 aliphatic carbocycles. The van der Waals surface area contributed by atoms with E-state index in [-0.39, 0.29) is 12.0 Å². The van der Waals surface area contributed by atoms with Gasteiger partial charge in [-0.15, -0.1) is 5.10 Å². The summed E-state index contributed by atoms with van der Waals surface area (Å²) in [5.41, 5.74) is 2.06. The number of hydrogen-bond donors (Lipinski definition) is 2.